The summed E-state index contributed by atoms with van der Waals surface area (Å²) in [5, 5.41) is 6.68. The number of anilines is 3. The van der Waals surface area contributed by atoms with Gasteiger partial charge in [0.2, 0.25) is 5.89 Å². The summed E-state index contributed by atoms with van der Waals surface area (Å²) in [6.45, 7) is -0.157. The predicted molar refractivity (Wildman–Crippen MR) is 127 cm³/mol. The first-order chi connectivity index (χ1) is 17.6. The molecule has 0 N–H and O–H groups in total. The highest BCUT2D eigenvalue weighted by Crippen LogP contribution is 2.34. The monoisotopic (exact) mass is 533 g/mol. The summed E-state index contributed by atoms with van der Waals surface area (Å²) < 4.78 is 69.1. The Morgan fingerprint density at radius 3 is 2.38 bits per heavy atom. The van der Waals surface area contributed by atoms with Crippen LogP contribution in [0.5, 0.6) is 0 Å². The minimum absolute atomic E-state index is 0.0132. The fourth-order valence-electron chi connectivity index (χ4n) is 4.04. The molecule has 1 aliphatic rings. The maximum absolute atomic E-state index is 15.1. The van der Waals surface area contributed by atoms with E-state index in [0.717, 1.165) is 6.07 Å². The second kappa shape index (κ2) is 9.42. The lowest BCUT2D eigenvalue weighted by Crippen LogP contribution is -2.49. The lowest BCUT2D eigenvalue weighted by molar-refractivity contribution is 0.116. The van der Waals surface area contributed by atoms with Gasteiger partial charge < -0.3 is 14.2 Å². The molecule has 37 heavy (non-hydrogen) atoms. The van der Waals surface area contributed by atoms with Crippen molar-refractivity contribution < 1.29 is 26.0 Å². The highest BCUT2D eigenvalue weighted by molar-refractivity contribution is 7.91. The lowest BCUT2D eigenvalue weighted by atomic mass is 10.1. The number of benzene rings is 1. The minimum Gasteiger partial charge on any atom is -0.415 e. The van der Waals surface area contributed by atoms with E-state index in [4.69, 9.17) is 4.42 Å². The number of para-hydroxylation sites is 1. The minimum atomic E-state index is -3.23. The number of hydrogen-bond acceptors (Lipinski definition) is 10. The van der Waals surface area contributed by atoms with Crippen molar-refractivity contribution in [2.45, 2.75) is 13.0 Å². The van der Waals surface area contributed by atoms with Gasteiger partial charge in [-0.25, -0.2) is 12.8 Å². The normalized spacial score (nSPS) is 15.4. The van der Waals surface area contributed by atoms with Crippen LogP contribution in [0, 0.1) is 5.82 Å². The average molecular weight is 533 g/mol. The summed E-state index contributed by atoms with van der Waals surface area (Å²) in [5.74, 6) is -2.39. The summed E-state index contributed by atoms with van der Waals surface area (Å²) in [7, 11) is -3.23. The van der Waals surface area contributed by atoms with E-state index in [0.29, 0.717) is 5.69 Å². The molecule has 10 nitrogen and oxygen atoms in total. The Hall–Kier alpha value is -4.07. The van der Waals surface area contributed by atoms with Crippen LogP contribution in [0.4, 0.5) is 30.2 Å². The van der Waals surface area contributed by atoms with Crippen molar-refractivity contribution in [2.75, 3.05) is 34.4 Å². The third-order valence-electron chi connectivity index (χ3n) is 5.96. The zero-order valence-corrected chi connectivity index (χ0v) is 19.8. The van der Waals surface area contributed by atoms with Crippen molar-refractivity contribution in [1.29, 1.82) is 0 Å². The second-order valence-corrected chi connectivity index (χ2v) is 10.6. The Kier molecular flexibility index (Phi) is 6.27. The van der Waals surface area contributed by atoms with Crippen LogP contribution in [0.15, 0.2) is 56.6 Å². The van der Waals surface area contributed by atoms with Crippen molar-refractivity contribution in [2.24, 2.45) is 0 Å². The smallest absolute Gasteiger partial charge is 0.314 e. The van der Waals surface area contributed by atoms with Crippen LogP contribution in [0.3, 0.4) is 0 Å². The van der Waals surface area contributed by atoms with E-state index in [1.54, 1.807) is 35.2 Å². The molecule has 1 aliphatic heterocycles. The number of halogens is 3. The highest BCUT2D eigenvalue weighted by atomic mass is 32.2. The van der Waals surface area contributed by atoms with Crippen molar-refractivity contribution in [3.8, 4) is 11.5 Å². The number of alkyl halides is 2. The van der Waals surface area contributed by atoms with E-state index >= 15 is 4.39 Å². The number of sulfone groups is 1. The van der Waals surface area contributed by atoms with E-state index in [1.807, 2.05) is 0 Å². The summed E-state index contributed by atoms with van der Waals surface area (Å²) in [5.41, 5.74) is -1.09. The first-order valence-electron chi connectivity index (χ1n) is 11.0. The largest absolute Gasteiger partial charge is 0.415 e. The van der Waals surface area contributed by atoms with Crippen molar-refractivity contribution in [1.82, 2.24) is 15.2 Å². The molecule has 1 saturated heterocycles. The molecule has 2 aromatic heterocycles. The Labute approximate surface area is 207 Å². The van der Waals surface area contributed by atoms with Gasteiger partial charge in [-0.1, -0.05) is 18.2 Å². The number of pyridine rings is 1. The van der Waals surface area contributed by atoms with Crippen molar-refractivity contribution in [3.63, 3.8) is 0 Å². The molecular formula is C23H18F3N5O5S. The molecule has 2 aromatic carbocycles. The molecule has 192 valence electrons. The van der Waals surface area contributed by atoms with E-state index in [9.17, 15) is 26.8 Å². The third kappa shape index (κ3) is 4.71. The summed E-state index contributed by atoms with van der Waals surface area (Å²) >= 11 is 0. The van der Waals surface area contributed by atoms with Gasteiger partial charge in [-0.05, 0) is 18.2 Å². The molecule has 0 aliphatic carbocycles. The molecule has 0 bridgehead atoms. The van der Waals surface area contributed by atoms with Gasteiger partial charge in [0.25, 0.3) is 16.7 Å². The summed E-state index contributed by atoms with van der Waals surface area (Å²) in [4.78, 5) is 32.3. The van der Waals surface area contributed by atoms with E-state index in [-0.39, 0.29) is 59.7 Å². The van der Waals surface area contributed by atoms with Gasteiger partial charge in [-0.3, -0.25) is 14.6 Å². The Bertz CT molecular complexity index is 1620. The zero-order chi connectivity index (χ0) is 26.3. The molecule has 0 unspecified atom stereocenters. The molecule has 5 rings (SSSR count). The van der Waals surface area contributed by atoms with Crippen molar-refractivity contribution in [3.05, 3.63) is 80.4 Å². The highest BCUT2D eigenvalue weighted by Gasteiger charge is 2.34. The SMILES string of the molecule is O=c1c(N2CCS(=O)(=O)CC2)c(N(Cc2ncc(-c3nnc(C(F)F)o3)cc2F)c2ccccc2)c1=O. The van der Waals surface area contributed by atoms with Gasteiger partial charge in [-0.2, -0.15) is 8.78 Å². The molecular weight excluding hydrogens is 515 g/mol. The molecule has 3 heterocycles. The quantitative estimate of drug-likeness (QED) is 0.327. The number of hydrogen-bond donors (Lipinski definition) is 0. The Balaban J connectivity index is 1.50. The zero-order valence-electron chi connectivity index (χ0n) is 19.0. The molecule has 0 spiro atoms. The van der Waals surface area contributed by atoms with Gasteiger partial charge in [0.1, 0.15) is 17.2 Å². The predicted octanol–water partition coefficient (Wildman–Crippen LogP) is 2.38. The topological polar surface area (TPSA) is 127 Å². The van der Waals surface area contributed by atoms with Gasteiger partial charge >= 0.3 is 6.43 Å². The average Bonchev–Trinajstić information content (AvgIpc) is 3.38. The van der Waals surface area contributed by atoms with E-state index in [2.05, 4.69) is 15.2 Å². The Morgan fingerprint density at radius 1 is 1.05 bits per heavy atom. The molecule has 0 amide bonds. The standard InChI is InChI=1S/C23H18F3N5O5S/c24-15-10-13(22-28-29-23(36-22)21(25)26)11-27-16(15)12-31(14-4-2-1-3-5-14)18-17(19(32)20(18)33)30-6-8-37(34,35)9-7-30/h1-5,10-11,21H,6-9,12H2. The van der Waals surface area contributed by atoms with E-state index < -0.39 is 38.8 Å². The summed E-state index contributed by atoms with van der Waals surface area (Å²) in [6.07, 6.45) is -1.81. The van der Waals surface area contributed by atoms with Crippen LogP contribution in [0.2, 0.25) is 0 Å². The van der Waals surface area contributed by atoms with Gasteiger partial charge in [0, 0.05) is 25.0 Å². The second-order valence-electron chi connectivity index (χ2n) is 8.31. The fourth-order valence-corrected chi connectivity index (χ4v) is 5.24. The van der Waals surface area contributed by atoms with Crippen LogP contribution < -0.4 is 20.7 Å². The van der Waals surface area contributed by atoms with Crippen LogP contribution in [0.25, 0.3) is 11.5 Å². The first-order valence-corrected chi connectivity index (χ1v) is 12.8. The van der Waals surface area contributed by atoms with Crippen LogP contribution in [0.1, 0.15) is 18.0 Å². The maximum Gasteiger partial charge on any atom is 0.314 e. The molecule has 1 fully saturated rings. The van der Waals surface area contributed by atoms with Gasteiger partial charge in [0.05, 0.1) is 29.3 Å². The van der Waals surface area contributed by atoms with Crippen LogP contribution in [-0.2, 0) is 16.4 Å². The summed E-state index contributed by atoms with van der Waals surface area (Å²) in [6, 6.07) is 9.46. The number of aromatic nitrogens is 3. The van der Waals surface area contributed by atoms with E-state index in [1.165, 1.54) is 11.1 Å². The number of rotatable bonds is 7. The molecule has 4 aromatic rings. The molecule has 0 radical (unpaired) electrons. The van der Waals surface area contributed by atoms with Crippen LogP contribution >= 0.6 is 0 Å². The Morgan fingerprint density at radius 2 is 1.76 bits per heavy atom. The van der Waals surface area contributed by atoms with Gasteiger partial charge in [0.15, 0.2) is 9.84 Å². The molecule has 0 atom stereocenters. The fraction of sp³-hybridized carbons (Fsp3) is 0.261. The third-order valence-corrected chi connectivity index (χ3v) is 7.57. The molecule has 0 saturated carbocycles. The maximum atomic E-state index is 15.1. The number of nitrogens with zero attached hydrogens (tertiary/aromatic N) is 5. The first kappa shape index (κ1) is 24.6. The van der Waals surface area contributed by atoms with Gasteiger partial charge in [-0.15, -0.1) is 10.2 Å². The molecule has 14 heteroatoms. The lowest BCUT2D eigenvalue weighted by Gasteiger charge is -2.34. The van der Waals surface area contributed by atoms with Crippen LogP contribution in [-0.4, -0.2) is 48.2 Å². The van der Waals surface area contributed by atoms with Crippen molar-refractivity contribution >= 4 is 26.9 Å².